The number of aryl methyl sites for hydroxylation is 1. The van der Waals surface area contributed by atoms with Gasteiger partial charge < -0.3 is 15.4 Å². The third kappa shape index (κ3) is 2.99. The quantitative estimate of drug-likeness (QED) is 0.471. The van der Waals surface area contributed by atoms with Gasteiger partial charge in [0.15, 0.2) is 0 Å². The molecule has 1 aromatic rings. The Hall–Kier alpha value is -2.44. The number of carbonyl (C=O) groups is 1. The molecule has 1 fully saturated rings. The average Bonchev–Trinajstić information content (AvgIpc) is 3.28. The molecule has 1 heterocycles. The molecule has 5 nitrogen and oxygen atoms in total. The summed E-state index contributed by atoms with van der Waals surface area (Å²) in [5, 5.41) is 7.74. The number of nitrogens with zero attached hydrogens (tertiary/aromatic N) is 1. The molecular weight excluding hydrogens is 328 g/mol. The Balaban J connectivity index is 1.77. The molecular formula is C18H21F2N3O2. The molecule has 2 aliphatic rings. The van der Waals surface area contributed by atoms with Crippen LogP contribution in [0.2, 0.25) is 0 Å². The van der Waals surface area contributed by atoms with Crippen molar-refractivity contribution in [3.63, 3.8) is 0 Å². The van der Waals surface area contributed by atoms with Crippen LogP contribution in [0, 0.1) is 23.7 Å². The lowest BCUT2D eigenvalue weighted by Crippen LogP contribution is -2.31. The fourth-order valence-corrected chi connectivity index (χ4v) is 3.41. The third-order valence-electron chi connectivity index (χ3n) is 5.00. The highest BCUT2D eigenvalue weighted by Crippen LogP contribution is 2.51. The SMILES string of the molecule is Cc1cc(C(C)N2CC(C(=N)N)C3(C=C3)C2=O)ccc1OCC(F)F. The smallest absolute Gasteiger partial charge is 0.272 e. The van der Waals surface area contributed by atoms with Crippen LogP contribution in [0.1, 0.15) is 24.1 Å². The monoisotopic (exact) mass is 349 g/mol. The molecule has 134 valence electrons. The van der Waals surface area contributed by atoms with Crippen LogP contribution in [0.4, 0.5) is 8.78 Å². The summed E-state index contributed by atoms with van der Waals surface area (Å²) < 4.78 is 29.7. The summed E-state index contributed by atoms with van der Waals surface area (Å²) in [6.45, 7) is 3.44. The maximum Gasteiger partial charge on any atom is 0.272 e. The summed E-state index contributed by atoms with van der Waals surface area (Å²) in [6, 6.07) is 5.06. The second-order valence-corrected chi connectivity index (χ2v) is 6.63. The number of nitrogens with one attached hydrogen (secondary N) is 1. The first-order valence-electron chi connectivity index (χ1n) is 8.13. The molecule has 3 N–H and O–H groups in total. The van der Waals surface area contributed by atoms with Crippen LogP contribution in [0.15, 0.2) is 30.4 Å². The molecule has 0 saturated carbocycles. The lowest BCUT2D eigenvalue weighted by molar-refractivity contribution is -0.133. The summed E-state index contributed by atoms with van der Waals surface area (Å²) in [7, 11) is 0. The van der Waals surface area contributed by atoms with Crippen molar-refractivity contribution < 1.29 is 18.3 Å². The molecule has 1 aliphatic heterocycles. The van der Waals surface area contributed by atoms with E-state index in [2.05, 4.69) is 0 Å². The molecule has 1 spiro atoms. The van der Waals surface area contributed by atoms with E-state index in [-0.39, 0.29) is 23.7 Å². The number of halogens is 2. The van der Waals surface area contributed by atoms with Gasteiger partial charge in [0.1, 0.15) is 12.4 Å². The summed E-state index contributed by atoms with van der Waals surface area (Å²) in [5.41, 5.74) is 6.57. The maximum absolute atomic E-state index is 12.8. The Morgan fingerprint density at radius 1 is 1.48 bits per heavy atom. The standard InChI is InChI=1S/C18H21F2N3O2/c1-10-7-12(3-4-14(10)25-9-15(19)20)11(2)23-8-13(16(21)22)18(5-6-18)17(23)24/h3-7,11,13,15H,8-9H2,1-2H3,(H3,21,22). The molecule has 2 atom stereocenters. The zero-order valence-corrected chi connectivity index (χ0v) is 14.1. The Bertz CT molecular complexity index is 742. The minimum absolute atomic E-state index is 0.0139. The molecule has 0 bridgehead atoms. The van der Waals surface area contributed by atoms with Crippen molar-refractivity contribution in [1.82, 2.24) is 4.90 Å². The van der Waals surface area contributed by atoms with Gasteiger partial charge in [-0.2, -0.15) is 0 Å². The van der Waals surface area contributed by atoms with Gasteiger partial charge in [0.25, 0.3) is 6.43 Å². The van der Waals surface area contributed by atoms with Gasteiger partial charge in [0.2, 0.25) is 5.91 Å². The number of nitrogens with two attached hydrogens (primary N) is 1. The normalized spacial score (nSPS) is 21.9. The van der Waals surface area contributed by atoms with Crippen molar-refractivity contribution in [1.29, 1.82) is 5.41 Å². The van der Waals surface area contributed by atoms with Gasteiger partial charge >= 0.3 is 0 Å². The Morgan fingerprint density at radius 2 is 2.16 bits per heavy atom. The van der Waals surface area contributed by atoms with Crippen LogP contribution >= 0.6 is 0 Å². The van der Waals surface area contributed by atoms with Crippen molar-refractivity contribution in [2.75, 3.05) is 13.2 Å². The number of carbonyl (C=O) groups excluding carboxylic acids is 1. The predicted octanol–water partition coefficient (Wildman–Crippen LogP) is 2.65. The van der Waals surface area contributed by atoms with E-state index >= 15 is 0 Å². The predicted molar refractivity (Wildman–Crippen MR) is 89.8 cm³/mol. The highest BCUT2D eigenvalue weighted by molar-refractivity contribution is 6.01. The van der Waals surface area contributed by atoms with Crippen molar-refractivity contribution in [3.05, 3.63) is 41.5 Å². The van der Waals surface area contributed by atoms with E-state index in [0.717, 1.165) is 11.1 Å². The second kappa shape index (κ2) is 6.13. The number of likely N-dealkylation sites (tertiary alicyclic amines) is 1. The van der Waals surface area contributed by atoms with Crippen LogP contribution in [0.5, 0.6) is 5.75 Å². The van der Waals surface area contributed by atoms with Crippen molar-refractivity contribution in [2.45, 2.75) is 26.3 Å². The Kier molecular flexibility index (Phi) is 4.26. The molecule has 1 saturated heterocycles. The van der Waals surface area contributed by atoms with E-state index in [1.807, 2.05) is 13.0 Å². The zero-order chi connectivity index (χ0) is 18.4. The van der Waals surface area contributed by atoms with E-state index in [9.17, 15) is 13.6 Å². The maximum atomic E-state index is 12.8. The zero-order valence-electron chi connectivity index (χ0n) is 14.1. The van der Waals surface area contributed by atoms with E-state index in [4.69, 9.17) is 15.9 Å². The number of alkyl halides is 2. The van der Waals surface area contributed by atoms with Gasteiger partial charge in [0, 0.05) is 6.54 Å². The summed E-state index contributed by atoms with van der Waals surface area (Å²) in [4.78, 5) is 14.5. The highest BCUT2D eigenvalue weighted by atomic mass is 19.3. The Labute approximate surface area is 145 Å². The molecule has 7 heteroatoms. The molecule has 1 amide bonds. The minimum Gasteiger partial charge on any atom is -0.487 e. The number of rotatable bonds is 6. The minimum atomic E-state index is -2.52. The molecule has 1 aromatic carbocycles. The van der Waals surface area contributed by atoms with Crippen molar-refractivity contribution in [3.8, 4) is 5.75 Å². The number of amidine groups is 1. The average molecular weight is 349 g/mol. The third-order valence-corrected chi connectivity index (χ3v) is 5.00. The van der Waals surface area contributed by atoms with Gasteiger partial charge in [-0.3, -0.25) is 10.2 Å². The van der Waals surface area contributed by atoms with Gasteiger partial charge in [0.05, 0.1) is 23.2 Å². The number of ether oxygens (including phenoxy) is 1. The lowest BCUT2D eigenvalue weighted by Gasteiger charge is -2.26. The largest absolute Gasteiger partial charge is 0.487 e. The van der Waals surface area contributed by atoms with E-state index < -0.39 is 18.4 Å². The van der Waals surface area contributed by atoms with E-state index in [0.29, 0.717) is 12.3 Å². The first-order valence-corrected chi connectivity index (χ1v) is 8.13. The first kappa shape index (κ1) is 17.4. The fraction of sp³-hybridized carbons (Fsp3) is 0.444. The Morgan fingerprint density at radius 3 is 2.64 bits per heavy atom. The first-order chi connectivity index (χ1) is 11.8. The molecule has 0 aromatic heterocycles. The van der Waals surface area contributed by atoms with Crippen LogP contribution < -0.4 is 10.5 Å². The van der Waals surface area contributed by atoms with Gasteiger partial charge in [-0.05, 0) is 31.0 Å². The lowest BCUT2D eigenvalue weighted by atomic mass is 9.89. The van der Waals surface area contributed by atoms with Crippen LogP contribution in [0.3, 0.4) is 0 Å². The summed E-state index contributed by atoms with van der Waals surface area (Å²) >= 11 is 0. The molecule has 25 heavy (non-hydrogen) atoms. The topological polar surface area (TPSA) is 79.4 Å². The van der Waals surface area contributed by atoms with Gasteiger partial charge in [-0.15, -0.1) is 0 Å². The molecule has 2 unspecified atom stereocenters. The molecule has 1 aliphatic carbocycles. The summed E-state index contributed by atoms with van der Waals surface area (Å²) in [5.74, 6) is 0.0546. The molecule has 3 rings (SSSR count). The second-order valence-electron chi connectivity index (χ2n) is 6.63. The number of hydrogen-bond acceptors (Lipinski definition) is 3. The number of benzene rings is 1. The summed E-state index contributed by atoms with van der Waals surface area (Å²) in [6.07, 6.45) is 1.09. The number of hydrogen-bond donors (Lipinski definition) is 2. The van der Waals surface area contributed by atoms with Crippen molar-refractivity contribution >= 4 is 11.7 Å². The van der Waals surface area contributed by atoms with Gasteiger partial charge in [-0.25, -0.2) is 8.78 Å². The van der Waals surface area contributed by atoms with Crippen LogP contribution in [-0.2, 0) is 4.79 Å². The highest BCUT2D eigenvalue weighted by Gasteiger charge is 2.58. The fourth-order valence-electron chi connectivity index (χ4n) is 3.41. The van der Waals surface area contributed by atoms with Crippen molar-refractivity contribution in [2.24, 2.45) is 17.1 Å². The van der Waals surface area contributed by atoms with E-state index in [1.165, 1.54) is 0 Å². The van der Waals surface area contributed by atoms with Gasteiger partial charge in [-0.1, -0.05) is 24.3 Å². The van der Waals surface area contributed by atoms with Crippen LogP contribution in [-0.4, -0.2) is 36.2 Å². The van der Waals surface area contributed by atoms with Crippen LogP contribution in [0.25, 0.3) is 0 Å². The molecule has 0 radical (unpaired) electrons. The number of amides is 1. The van der Waals surface area contributed by atoms with E-state index in [1.54, 1.807) is 36.1 Å².